The number of sulfonamides is 1. The first kappa shape index (κ1) is 17.3. The summed E-state index contributed by atoms with van der Waals surface area (Å²) in [5.41, 5.74) is 0. The zero-order chi connectivity index (χ0) is 15.6. The monoisotopic (exact) mass is 313 g/mol. The fourth-order valence-corrected chi connectivity index (χ4v) is 3.77. The average molecular weight is 313 g/mol. The number of alkyl halides is 2. The standard InChI is InChI=1S/C12H21F2NO4S/c1-8(2)3-10(11(16)17)6-15-20(18,19)7-9-4-12(13,14)5-9/h8-10,15H,3-7H2,1-2H3,(H,16,17). The molecule has 0 radical (unpaired) electrons. The van der Waals surface area contributed by atoms with Crippen LogP contribution in [0.1, 0.15) is 33.1 Å². The Hall–Kier alpha value is -0.760. The van der Waals surface area contributed by atoms with E-state index in [9.17, 15) is 22.0 Å². The first-order valence-electron chi connectivity index (χ1n) is 6.59. The number of carboxylic acid groups (broad SMARTS) is 1. The van der Waals surface area contributed by atoms with E-state index in [4.69, 9.17) is 5.11 Å². The molecule has 1 rings (SSSR count). The number of hydrogen-bond donors (Lipinski definition) is 2. The lowest BCUT2D eigenvalue weighted by Crippen LogP contribution is -2.43. The first-order chi connectivity index (χ1) is 9.01. The molecule has 5 nitrogen and oxygen atoms in total. The molecule has 0 aromatic rings. The molecule has 1 fully saturated rings. The molecule has 0 saturated heterocycles. The molecule has 1 unspecified atom stereocenters. The van der Waals surface area contributed by atoms with E-state index >= 15 is 0 Å². The highest BCUT2D eigenvalue weighted by Gasteiger charge is 2.46. The van der Waals surface area contributed by atoms with E-state index in [-0.39, 0.29) is 18.2 Å². The van der Waals surface area contributed by atoms with E-state index in [0.29, 0.717) is 6.42 Å². The van der Waals surface area contributed by atoms with Gasteiger partial charge in [-0.05, 0) is 18.3 Å². The third-order valence-electron chi connectivity index (χ3n) is 3.28. The molecular weight excluding hydrogens is 292 g/mol. The molecule has 1 aliphatic carbocycles. The zero-order valence-corrected chi connectivity index (χ0v) is 12.4. The topological polar surface area (TPSA) is 83.5 Å². The fourth-order valence-electron chi connectivity index (χ4n) is 2.34. The van der Waals surface area contributed by atoms with Gasteiger partial charge in [-0.2, -0.15) is 0 Å². The predicted octanol–water partition coefficient (Wildman–Crippen LogP) is 1.70. The molecule has 20 heavy (non-hydrogen) atoms. The number of hydrogen-bond acceptors (Lipinski definition) is 3. The molecule has 1 saturated carbocycles. The van der Waals surface area contributed by atoms with E-state index in [0.717, 1.165) is 0 Å². The second-order valence-corrected chi connectivity index (χ2v) is 7.78. The van der Waals surface area contributed by atoms with Crippen LogP contribution < -0.4 is 4.72 Å². The molecule has 0 spiro atoms. The third kappa shape index (κ3) is 5.70. The van der Waals surface area contributed by atoms with Gasteiger partial charge in [0.05, 0.1) is 11.7 Å². The molecule has 2 N–H and O–H groups in total. The summed E-state index contributed by atoms with van der Waals surface area (Å²) in [7, 11) is -3.70. The largest absolute Gasteiger partial charge is 0.481 e. The maximum Gasteiger partial charge on any atom is 0.307 e. The lowest BCUT2D eigenvalue weighted by atomic mass is 9.83. The highest BCUT2D eigenvalue weighted by molar-refractivity contribution is 7.89. The van der Waals surface area contributed by atoms with E-state index < -0.39 is 46.6 Å². The molecule has 118 valence electrons. The minimum atomic E-state index is -3.70. The van der Waals surface area contributed by atoms with Crippen molar-refractivity contribution in [3.8, 4) is 0 Å². The van der Waals surface area contributed by atoms with Crippen molar-refractivity contribution < 1.29 is 27.1 Å². The van der Waals surface area contributed by atoms with Crippen molar-refractivity contribution >= 4 is 16.0 Å². The highest BCUT2D eigenvalue weighted by Crippen LogP contribution is 2.42. The van der Waals surface area contributed by atoms with Crippen LogP contribution in [-0.2, 0) is 14.8 Å². The van der Waals surface area contributed by atoms with Gasteiger partial charge in [-0.25, -0.2) is 21.9 Å². The van der Waals surface area contributed by atoms with Gasteiger partial charge in [-0.1, -0.05) is 13.8 Å². The van der Waals surface area contributed by atoms with Crippen molar-refractivity contribution in [2.75, 3.05) is 12.3 Å². The van der Waals surface area contributed by atoms with Gasteiger partial charge in [0, 0.05) is 19.4 Å². The van der Waals surface area contributed by atoms with Gasteiger partial charge in [-0.15, -0.1) is 0 Å². The highest BCUT2D eigenvalue weighted by atomic mass is 32.2. The Labute approximate surface area is 117 Å². The number of carboxylic acids is 1. The molecule has 0 aliphatic heterocycles. The van der Waals surface area contributed by atoms with Crippen LogP contribution in [0.3, 0.4) is 0 Å². The molecular formula is C12H21F2NO4S. The molecule has 0 aromatic heterocycles. The second-order valence-electron chi connectivity index (χ2n) is 5.92. The molecule has 0 aromatic carbocycles. The first-order valence-corrected chi connectivity index (χ1v) is 8.24. The Kier molecular flexibility index (Phi) is 5.48. The lowest BCUT2D eigenvalue weighted by Gasteiger charge is -2.34. The molecule has 1 atom stereocenters. The van der Waals surface area contributed by atoms with E-state index in [2.05, 4.69) is 4.72 Å². The van der Waals surface area contributed by atoms with Gasteiger partial charge >= 0.3 is 5.97 Å². The summed E-state index contributed by atoms with van der Waals surface area (Å²) >= 11 is 0. The molecule has 1 aliphatic rings. The van der Waals surface area contributed by atoms with Crippen molar-refractivity contribution in [2.45, 2.75) is 39.0 Å². The molecule has 0 heterocycles. The minimum Gasteiger partial charge on any atom is -0.481 e. The Balaban J connectivity index is 2.43. The van der Waals surface area contributed by atoms with Crippen molar-refractivity contribution in [3.63, 3.8) is 0 Å². The van der Waals surface area contributed by atoms with Gasteiger partial charge in [-0.3, -0.25) is 4.79 Å². The zero-order valence-electron chi connectivity index (χ0n) is 11.6. The SMILES string of the molecule is CC(C)CC(CNS(=O)(=O)CC1CC(F)(F)C1)C(=O)O. The number of nitrogens with one attached hydrogen (secondary N) is 1. The molecule has 8 heteroatoms. The number of rotatable bonds is 8. The maximum absolute atomic E-state index is 12.6. The van der Waals surface area contributed by atoms with Crippen LogP contribution >= 0.6 is 0 Å². The predicted molar refractivity (Wildman–Crippen MR) is 70.0 cm³/mol. The van der Waals surface area contributed by atoms with Gasteiger partial charge in [0.25, 0.3) is 0 Å². The van der Waals surface area contributed by atoms with Gasteiger partial charge < -0.3 is 5.11 Å². The van der Waals surface area contributed by atoms with Crippen LogP contribution in [-0.4, -0.2) is 37.7 Å². The van der Waals surface area contributed by atoms with Crippen LogP contribution in [0.2, 0.25) is 0 Å². The summed E-state index contributed by atoms with van der Waals surface area (Å²) in [6.07, 6.45) is -0.468. The van der Waals surface area contributed by atoms with Gasteiger partial charge in [0.2, 0.25) is 15.9 Å². The third-order valence-corrected chi connectivity index (χ3v) is 4.80. The summed E-state index contributed by atoms with van der Waals surface area (Å²) in [6, 6.07) is 0. The maximum atomic E-state index is 12.6. The number of halogens is 2. The number of carbonyl (C=O) groups is 1. The van der Waals surface area contributed by atoms with Crippen molar-refractivity contribution in [1.82, 2.24) is 4.72 Å². The quantitative estimate of drug-likeness (QED) is 0.714. The average Bonchev–Trinajstić information content (AvgIpc) is 2.20. The summed E-state index contributed by atoms with van der Waals surface area (Å²) in [4.78, 5) is 11.0. The van der Waals surface area contributed by atoms with Crippen molar-refractivity contribution in [3.05, 3.63) is 0 Å². The Morgan fingerprint density at radius 1 is 1.40 bits per heavy atom. The normalized spacial score (nSPS) is 20.6. The van der Waals surface area contributed by atoms with Crippen molar-refractivity contribution in [1.29, 1.82) is 0 Å². The summed E-state index contributed by atoms with van der Waals surface area (Å²) in [5.74, 6) is -5.39. The second kappa shape index (κ2) is 6.34. The van der Waals surface area contributed by atoms with Crippen molar-refractivity contribution in [2.24, 2.45) is 17.8 Å². The van der Waals surface area contributed by atoms with Crippen LogP contribution in [0.25, 0.3) is 0 Å². The molecule has 0 amide bonds. The van der Waals surface area contributed by atoms with Crippen LogP contribution in [0.4, 0.5) is 8.78 Å². The van der Waals surface area contributed by atoms with Gasteiger partial charge in [0.15, 0.2) is 0 Å². The Bertz CT molecular complexity index is 442. The minimum absolute atomic E-state index is 0.130. The van der Waals surface area contributed by atoms with E-state index in [1.165, 1.54) is 0 Å². The lowest BCUT2D eigenvalue weighted by molar-refractivity contribution is -0.142. The number of aliphatic carboxylic acids is 1. The smallest absolute Gasteiger partial charge is 0.307 e. The van der Waals surface area contributed by atoms with E-state index in [1.54, 1.807) is 0 Å². The Morgan fingerprint density at radius 2 is 1.95 bits per heavy atom. The molecule has 0 bridgehead atoms. The van der Waals surface area contributed by atoms with E-state index in [1.807, 2.05) is 13.8 Å². The van der Waals surface area contributed by atoms with Crippen LogP contribution in [0.5, 0.6) is 0 Å². The van der Waals surface area contributed by atoms with Crippen LogP contribution in [0, 0.1) is 17.8 Å². The summed E-state index contributed by atoms with van der Waals surface area (Å²) in [5, 5.41) is 8.99. The van der Waals surface area contributed by atoms with Crippen LogP contribution in [0.15, 0.2) is 0 Å². The van der Waals surface area contributed by atoms with Gasteiger partial charge in [0.1, 0.15) is 0 Å². The summed E-state index contributed by atoms with van der Waals surface area (Å²) in [6.45, 7) is 3.50. The summed E-state index contributed by atoms with van der Waals surface area (Å²) < 4.78 is 50.9. The Morgan fingerprint density at radius 3 is 2.35 bits per heavy atom. The fraction of sp³-hybridized carbons (Fsp3) is 0.917.